The van der Waals surface area contributed by atoms with E-state index in [1.807, 2.05) is 18.0 Å². The van der Waals surface area contributed by atoms with E-state index in [1.165, 1.54) is 0 Å². The predicted octanol–water partition coefficient (Wildman–Crippen LogP) is 1.07. The Morgan fingerprint density at radius 1 is 1.45 bits per heavy atom. The molecule has 6 heteroatoms. The summed E-state index contributed by atoms with van der Waals surface area (Å²) in [6, 6.07) is 1.76. The largest absolute Gasteiger partial charge is 0.465 e. The molecule has 3 rings (SSSR count). The van der Waals surface area contributed by atoms with E-state index in [1.54, 1.807) is 10.7 Å². The lowest BCUT2D eigenvalue weighted by Gasteiger charge is -2.37. The standard InChI is InChI=1S/C14H19N3O3/c1-2-17-6-3-11(15-17)13(19)16-7-4-14(5-8-16)9-12(18)20-10-14/h3,6H,2,4-5,7-10H2,1H3. The Labute approximate surface area is 117 Å². The van der Waals surface area contributed by atoms with Gasteiger partial charge in [-0.05, 0) is 25.8 Å². The lowest BCUT2D eigenvalue weighted by atomic mass is 9.78. The van der Waals surface area contributed by atoms with Crippen molar-refractivity contribution in [2.45, 2.75) is 32.7 Å². The maximum Gasteiger partial charge on any atom is 0.306 e. The first-order valence-corrected chi connectivity index (χ1v) is 7.10. The quantitative estimate of drug-likeness (QED) is 0.759. The van der Waals surface area contributed by atoms with Gasteiger partial charge in [0, 0.05) is 31.2 Å². The number of carbonyl (C=O) groups is 2. The van der Waals surface area contributed by atoms with Crippen LogP contribution in [-0.4, -0.2) is 46.3 Å². The number of cyclic esters (lactones) is 1. The number of aryl methyl sites for hydroxylation is 1. The Morgan fingerprint density at radius 3 is 2.75 bits per heavy atom. The molecule has 1 aromatic rings. The molecule has 6 nitrogen and oxygen atoms in total. The summed E-state index contributed by atoms with van der Waals surface area (Å²) in [4.78, 5) is 25.5. The fraction of sp³-hybridized carbons (Fsp3) is 0.643. The topological polar surface area (TPSA) is 64.4 Å². The van der Waals surface area contributed by atoms with E-state index in [4.69, 9.17) is 4.74 Å². The summed E-state index contributed by atoms with van der Waals surface area (Å²) >= 11 is 0. The second kappa shape index (κ2) is 4.92. The van der Waals surface area contributed by atoms with E-state index >= 15 is 0 Å². The number of ether oxygens (including phenoxy) is 1. The van der Waals surface area contributed by atoms with Crippen LogP contribution in [0, 0.1) is 5.41 Å². The van der Waals surface area contributed by atoms with Crippen LogP contribution in [0.15, 0.2) is 12.3 Å². The highest BCUT2D eigenvalue weighted by Gasteiger charge is 2.43. The van der Waals surface area contributed by atoms with E-state index in [0.29, 0.717) is 31.8 Å². The number of amides is 1. The van der Waals surface area contributed by atoms with Crippen LogP contribution in [0.1, 0.15) is 36.7 Å². The van der Waals surface area contributed by atoms with E-state index in [0.717, 1.165) is 19.4 Å². The maximum absolute atomic E-state index is 12.3. The average molecular weight is 277 g/mol. The lowest BCUT2D eigenvalue weighted by Crippen LogP contribution is -2.43. The van der Waals surface area contributed by atoms with Crippen LogP contribution < -0.4 is 0 Å². The number of carbonyl (C=O) groups excluding carboxylic acids is 2. The molecule has 1 amide bonds. The fourth-order valence-corrected chi connectivity index (χ4v) is 2.96. The second-order valence-corrected chi connectivity index (χ2v) is 5.69. The molecule has 2 fully saturated rings. The van der Waals surface area contributed by atoms with Crippen molar-refractivity contribution in [1.82, 2.24) is 14.7 Å². The molecule has 0 atom stereocenters. The van der Waals surface area contributed by atoms with Crippen LogP contribution in [0.4, 0.5) is 0 Å². The summed E-state index contributed by atoms with van der Waals surface area (Å²) in [5.74, 6) is -0.122. The van der Waals surface area contributed by atoms with E-state index in [-0.39, 0.29) is 17.3 Å². The summed E-state index contributed by atoms with van der Waals surface area (Å²) in [6.07, 6.45) is 3.99. The molecule has 2 saturated heterocycles. The molecule has 0 aromatic carbocycles. The van der Waals surface area contributed by atoms with Crippen molar-refractivity contribution in [3.8, 4) is 0 Å². The minimum atomic E-state index is -0.105. The third-order valence-corrected chi connectivity index (χ3v) is 4.35. The predicted molar refractivity (Wildman–Crippen MR) is 71.0 cm³/mol. The molecule has 0 radical (unpaired) electrons. The van der Waals surface area contributed by atoms with Gasteiger partial charge in [0.05, 0.1) is 13.0 Å². The number of aromatic nitrogens is 2. The SMILES string of the molecule is CCn1ccc(C(=O)N2CCC3(CC2)COC(=O)C3)n1. The molecular weight excluding hydrogens is 258 g/mol. The average Bonchev–Trinajstić information content (AvgIpc) is 3.06. The van der Waals surface area contributed by atoms with Crippen molar-refractivity contribution in [3.63, 3.8) is 0 Å². The Hall–Kier alpha value is -1.85. The molecule has 2 aliphatic rings. The van der Waals surface area contributed by atoms with Crippen molar-refractivity contribution in [2.75, 3.05) is 19.7 Å². The molecular formula is C14H19N3O3. The van der Waals surface area contributed by atoms with Crippen LogP contribution >= 0.6 is 0 Å². The van der Waals surface area contributed by atoms with Crippen molar-refractivity contribution in [3.05, 3.63) is 18.0 Å². The zero-order valence-corrected chi connectivity index (χ0v) is 11.7. The Balaban J connectivity index is 1.63. The van der Waals surface area contributed by atoms with Crippen molar-refractivity contribution < 1.29 is 14.3 Å². The van der Waals surface area contributed by atoms with Gasteiger partial charge in [0.25, 0.3) is 5.91 Å². The molecule has 2 aliphatic heterocycles. The summed E-state index contributed by atoms with van der Waals surface area (Å²) in [7, 11) is 0. The molecule has 1 aromatic heterocycles. The Kier molecular flexibility index (Phi) is 3.23. The highest BCUT2D eigenvalue weighted by atomic mass is 16.5. The molecule has 0 N–H and O–H groups in total. The van der Waals surface area contributed by atoms with Crippen molar-refractivity contribution >= 4 is 11.9 Å². The van der Waals surface area contributed by atoms with Crippen LogP contribution in [0.25, 0.3) is 0 Å². The lowest BCUT2D eigenvalue weighted by molar-refractivity contribution is -0.137. The summed E-state index contributed by atoms with van der Waals surface area (Å²) < 4.78 is 6.84. The Morgan fingerprint density at radius 2 is 2.20 bits per heavy atom. The first kappa shape index (κ1) is 13.1. The van der Waals surface area contributed by atoms with Gasteiger partial charge in [-0.25, -0.2) is 0 Å². The van der Waals surface area contributed by atoms with Gasteiger partial charge in [-0.3, -0.25) is 14.3 Å². The Bertz CT molecular complexity index is 530. The van der Waals surface area contributed by atoms with Gasteiger partial charge in [0.2, 0.25) is 0 Å². The molecule has 0 aliphatic carbocycles. The van der Waals surface area contributed by atoms with E-state index in [2.05, 4.69) is 5.10 Å². The number of esters is 1. The summed E-state index contributed by atoms with van der Waals surface area (Å²) in [5, 5.41) is 4.25. The zero-order valence-electron chi connectivity index (χ0n) is 11.7. The molecule has 0 bridgehead atoms. The zero-order chi connectivity index (χ0) is 14.2. The van der Waals surface area contributed by atoms with Gasteiger partial charge in [0.1, 0.15) is 5.69 Å². The van der Waals surface area contributed by atoms with Gasteiger partial charge in [-0.2, -0.15) is 5.10 Å². The maximum atomic E-state index is 12.3. The number of hydrogen-bond donors (Lipinski definition) is 0. The van der Waals surface area contributed by atoms with Crippen LogP contribution in [0.3, 0.4) is 0 Å². The highest BCUT2D eigenvalue weighted by molar-refractivity contribution is 5.92. The third-order valence-electron chi connectivity index (χ3n) is 4.35. The number of rotatable bonds is 2. The smallest absolute Gasteiger partial charge is 0.306 e. The van der Waals surface area contributed by atoms with E-state index < -0.39 is 0 Å². The van der Waals surface area contributed by atoms with Crippen molar-refractivity contribution in [2.24, 2.45) is 5.41 Å². The van der Waals surface area contributed by atoms with Crippen molar-refractivity contribution in [1.29, 1.82) is 0 Å². The molecule has 108 valence electrons. The minimum absolute atomic E-state index is 0.0164. The molecule has 0 saturated carbocycles. The molecule has 0 unspecified atom stereocenters. The monoisotopic (exact) mass is 277 g/mol. The normalized spacial score (nSPS) is 21.2. The number of piperidine rings is 1. The number of hydrogen-bond acceptors (Lipinski definition) is 4. The minimum Gasteiger partial charge on any atom is -0.465 e. The first-order chi connectivity index (χ1) is 9.62. The second-order valence-electron chi connectivity index (χ2n) is 5.69. The summed E-state index contributed by atoms with van der Waals surface area (Å²) in [5.41, 5.74) is 0.470. The number of nitrogens with zero attached hydrogens (tertiary/aromatic N) is 3. The van der Waals surface area contributed by atoms with Gasteiger partial charge in [-0.1, -0.05) is 0 Å². The summed E-state index contributed by atoms with van der Waals surface area (Å²) in [6.45, 7) is 4.61. The first-order valence-electron chi connectivity index (χ1n) is 7.10. The fourth-order valence-electron chi connectivity index (χ4n) is 2.96. The van der Waals surface area contributed by atoms with Gasteiger partial charge in [0.15, 0.2) is 0 Å². The van der Waals surface area contributed by atoms with Crippen LogP contribution in [-0.2, 0) is 16.1 Å². The molecule has 3 heterocycles. The molecule has 1 spiro atoms. The van der Waals surface area contributed by atoms with Crippen LogP contribution in [0.2, 0.25) is 0 Å². The molecule has 20 heavy (non-hydrogen) atoms. The van der Waals surface area contributed by atoms with E-state index in [9.17, 15) is 9.59 Å². The van der Waals surface area contributed by atoms with Gasteiger partial charge in [-0.15, -0.1) is 0 Å². The van der Waals surface area contributed by atoms with Crippen LogP contribution in [0.5, 0.6) is 0 Å². The highest BCUT2D eigenvalue weighted by Crippen LogP contribution is 2.39. The van der Waals surface area contributed by atoms with Gasteiger partial charge >= 0.3 is 5.97 Å². The third kappa shape index (κ3) is 2.30. The number of likely N-dealkylation sites (tertiary alicyclic amines) is 1. The van der Waals surface area contributed by atoms with Gasteiger partial charge < -0.3 is 9.64 Å².